The monoisotopic (exact) mass is 459 g/mol. The summed E-state index contributed by atoms with van der Waals surface area (Å²) in [7, 11) is 0. The van der Waals surface area contributed by atoms with E-state index in [9.17, 15) is 19.5 Å². The van der Waals surface area contributed by atoms with Gasteiger partial charge in [0.1, 0.15) is 11.1 Å². The van der Waals surface area contributed by atoms with E-state index in [1.165, 1.54) is 11.0 Å². The van der Waals surface area contributed by atoms with Gasteiger partial charge in [-0.2, -0.15) is 0 Å². The van der Waals surface area contributed by atoms with E-state index < -0.39 is 29.3 Å². The number of carbonyl (C=O) groups excluding carboxylic acids is 2. The van der Waals surface area contributed by atoms with Crippen LogP contribution in [0.5, 0.6) is 0 Å². The fourth-order valence-corrected chi connectivity index (χ4v) is 4.41. The second-order valence-corrected chi connectivity index (χ2v) is 8.35. The molecule has 0 aliphatic carbocycles. The van der Waals surface area contributed by atoms with Crippen LogP contribution >= 0.6 is 11.6 Å². The maximum atomic E-state index is 13.4. The molecule has 2 heterocycles. The molecule has 0 saturated heterocycles. The van der Waals surface area contributed by atoms with Crippen molar-refractivity contribution in [2.24, 2.45) is 0 Å². The minimum absolute atomic E-state index is 0.129. The highest BCUT2D eigenvalue weighted by atomic mass is 35.5. The number of rotatable bonds is 5. The van der Waals surface area contributed by atoms with Crippen LogP contribution in [0.15, 0.2) is 88.1 Å². The molecular formula is C26H18ClNO5. The third-order valence-electron chi connectivity index (χ3n) is 5.88. The van der Waals surface area contributed by atoms with Gasteiger partial charge in [0.05, 0.1) is 18.7 Å². The predicted molar refractivity (Wildman–Crippen MR) is 124 cm³/mol. The third-order valence-corrected chi connectivity index (χ3v) is 6.25. The topological polar surface area (TPSA) is 87.8 Å². The van der Waals surface area contributed by atoms with Crippen molar-refractivity contribution in [2.45, 2.75) is 18.6 Å². The van der Waals surface area contributed by atoms with Gasteiger partial charge in [-0.15, -0.1) is 0 Å². The Hall–Kier alpha value is -3.74. The maximum Gasteiger partial charge on any atom is 0.347 e. The number of amides is 1. The average Bonchev–Trinajstić information content (AvgIpc) is 3.02. The normalized spacial score (nSPS) is 17.4. The van der Waals surface area contributed by atoms with Crippen LogP contribution in [-0.2, 0) is 16.9 Å². The number of benzene rings is 3. The van der Waals surface area contributed by atoms with Crippen molar-refractivity contribution >= 4 is 39.9 Å². The quantitative estimate of drug-likeness (QED) is 0.352. The van der Waals surface area contributed by atoms with Crippen molar-refractivity contribution in [3.05, 3.63) is 111 Å². The SMILES string of the molecule is O=C(C[C@]1(O)C(=O)N(Cc2ccccc2Cl)c2ccccc21)c1cc2ccccc2oc1=O. The first kappa shape index (κ1) is 21.1. The van der Waals surface area contributed by atoms with Crippen LogP contribution < -0.4 is 10.5 Å². The van der Waals surface area contributed by atoms with Gasteiger partial charge in [0.2, 0.25) is 0 Å². The van der Waals surface area contributed by atoms with Crippen LogP contribution in [0.25, 0.3) is 11.0 Å². The van der Waals surface area contributed by atoms with Gasteiger partial charge >= 0.3 is 5.63 Å². The smallest absolute Gasteiger partial charge is 0.347 e. The second kappa shape index (κ2) is 7.99. The molecule has 0 bridgehead atoms. The van der Waals surface area contributed by atoms with Gasteiger partial charge in [-0.25, -0.2) is 4.79 Å². The highest BCUT2D eigenvalue weighted by Gasteiger charge is 2.51. The molecule has 0 spiro atoms. The lowest BCUT2D eigenvalue weighted by molar-refractivity contribution is -0.136. The molecular weight excluding hydrogens is 442 g/mol. The van der Waals surface area contributed by atoms with Gasteiger partial charge < -0.3 is 14.4 Å². The first-order chi connectivity index (χ1) is 15.9. The van der Waals surface area contributed by atoms with E-state index in [1.807, 2.05) is 6.07 Å². The van der Waals surface area contributed by atoms with Crippen molar-refractivity contribution in [3.63, 3.8) is 0 Å². The zero-order valence-electron chi connectivity index (χ0n) is 17.3. The molecule has 3 aromatic carbocycles. The molecule has 33 heavy (non-hydrogen) atoms. The molecule has 1 amide bonds. The summed E-state index contributed by atoms with van der Waals surface area (Å²) in [6, 6.07) is 22.1. The molecule has 4 aromatic rings. The Labute approximate surface area is 193 Å². The molecule has 0 radical (unpaired) electrons. The summed E-state index contributed by atoms with van der Waals surface area (Å²) < 4.78 is 5.25. The fourth-order valence-electron chi connectivity index (χ4n) is 4.22. The highest BCUT2D eigenvalue weighted by molar-refractivity contribution is 6.31. The summed E-state index contributed by atoms with van der Waals surface area (Å²) in [5, 5.41) is 12.6. The lowest BCUT2D eigenvalue weighted by atomic mass is 9.88. The van der Waals surface area contributed by atoms with E-state index in [1.54, 1.807) is 66.7 Å². The van der Waals surface area contributed by atoms with Crippen LogP contribution in [-0.4, -0.2) is 16.8 Å². The second-order valence-electron chi connectivity index (χ2n) is 7.95. The molecule has 0 unspecified atom stereocenters. The van der Waals surface area contributed by atoms with Gasteiger partial charge in [-0.05, 0) is 29.8 Å². The van der Waals surface area contributed by atoms with Gasteiger partial charge in [-0.3, -0.25) is 9.59 Å². The molecule has 7 heteroatoms. The first-order valence-electron chi connectivity index (χ1n) is 10.3. The van der Waals surface area contributed by atoms with Gasteiger partial charge in [-0.1, -0.05) is 66.2 Å². The number of hydrogen-bond acceptors (Lipinski definition) is 5. The fraction of sp³-hybridized carbons (Fsp3) is 0.115. The third kappa shape index (κ3) is 3.53. The number of ketones is 1. The summed E-state index contributed by atoms with van der Waals surface area (Å²) >= 11 is 6.28. The van der Waals surface area contributed by atoms with Crippen molar-refractivity contribution in [3.8, 4) is 0 Å². The van der Waals surface area contributed by atoms with Crippen molar-refractivity contribution in [2.75, 3.05) is 4.90 Å². The van der Waals surface area contributed by atoms with E-state index in [4.69, 9.17) is 16.0 Å². The highest BCUT2D eigenvalue weighted by Crippen LogP contribution is 2.43. The number of fused-ring (bicyclic) bond motifs is 2. The number of halogens is 1. The summed E-state index contributed by atoms with van der Waals surface area (Å²) in [5.41, 5.74) is -1.29. The van der Waals surface area contributed by atoms with Crippen molar-refractivity contribution in [1.29, 1.82) is 0 Å². The minimum Gasteiger partial charge on any atom is -0.422 e. The maximum absolute atomic E-state index is 13.4. The van der Waals surface area contributed by atoms with Crippen molar-refractivity contribution in [1.82, 2.24) is 0 Å². The van der Waals surface area contributed by atoms with E-state index in [0.29, 0.717) is 32.8 Å². The van der Waals surface area contributed by atoms with Crippen LogP contribution in [0.1, 0.15) is 27.9 Å². The standard InChI is InChI=1S/C26H18ClNO5/c27-20-10-4-1-8-17(20)15-28-21-11-5-3-9-19(21)26(32,25(28)31)14-22(29)18-13-16-7-2-6-12-23(16)33-24(18)30/h1-13,32H,14-15H2/t26-/m1/s1. The van der Waals surface area contributed by atoms with Crippen LogP contribution in [0, 0.1) is 0 Å². The zero-order valence-corrected chi connectivity index (χ0v) is 18.1. The molecule has 1 aromatic heterocycles. The number of hydrogen-bond donors (Lipinski definition) is 1. The summed E-state index contributed by atoms with van der Waals surface area (Å²) in [6.07, 6.45) is -0.592. The zero-order chi connectivity index (χ0) is 23.2. The molecule has 5 rings (SSSR count). The Morgan fingerprint density at radius 2 is 1.67 bits per heavy atom. The van der Waals surface area contributed by atoms with E-state index in [-0.39, 0.29) is 12.1 Å². The van der Waals surface area contributed by atoms with E-state index in [0.717, 1.165) is 0 Å². The predicted octanol–water partition coefficient (Wildman–Crippen LogP) is 4.45. The minimum atomic E-state index is -2.12. The number of nitrogens with zero attached hydrogens (tertiary/aromatic N) is 1. The molecule has 0 fully saturated rings. The number of aliphatic hydroxyl groups is 1. The van der Waals surface area contributed by atoms with Gasteiger partial charge in [0.15, 0.2) is 11.4 Å². The lowest BCUT2D eigenvalue weighted by Crippen LogP contribution is -2.42. The number of carbonyl (C=O) groups is 2. The Kier molecular flexibility index (Phi) is 5.12. The number of Topliss-reactive ketones (excluding diaryl/α,β-unsaturated/α-hetero) is 1. The Bertz CT molecular complexity index is 1480. The Balaban J connectivity index is 1.52. The molecule has 1 N–H and O–H groups in total. The molecule has 1 aliphatic heterocycles. The number of anilines is 1. The molecule has 6 nitrogen and oxygen atoms in total. The van der Waals surface area contributed by atoms with E-state index >= 15 is 0 Å². The molecule has 1 aliphatic rings. The Morgan fingerprint density at radius 1 is 0.970 bits per heavy atom. The molecule has 0 saturated carbocycles. The van der Waals surface area contributed by atoms with Crippen LogP contribution in [0.4, 0.5) is 5.69 Å². The van der Waals surface area contributed by atoms with Crippen molar-refractivity contribution < 1.29 is 19.1 Å². The Morgan fingerprint density at radius 3 is 2.48 bits per heavy atom. The summed E-state index contributed by atoms with van der Waals surface area (Å²) in [6.45, 7) is 0.129. The van der Waals surface area contributed by atoms with Gasteiger partial charge in [0, 0.05) is 16.0 Å². The van der Waals surface area contributed by atoms with Crippen LogP contribution in [0.3, 0.4) is 0 Å². The summed E-state index contributed by atoms with van der Waals surface area (Å²) in [4.78, 5) is 40.4. The van der Waals surface area contributed by atoms with Gasteiger partial charge in [0.25, 0.3) is 5.91 Å². The van der Waals surface area contributed by atoms with E-state index in [2.05, 4.69) is 0 Å². The average molecular weight is 460 g/mol. The largest absolute Gasteiger partial charge is 0.422 e. The first-order valence-corrected chi connectivity index (χ1v) is 10.7. The number of para-hydroxylation sites is 2. The van der Waals surface area contributed by atoms with Crippen LogP contribution in [0.2, 0.25) is 5.02 Å². The lowest BCUT2D eigenvalue weighted by Gasteiger charge is -2.23. The molecule has 164 valence electrons. The molecule has 1 atom stereocenters. The summed E-state index contributed by atoms with van der Waals surface area (Å²) in [5.74, 6) is -1.33.